The first kappa shape index (κ1) is 36.5. The average molecular weight is 714 g/mol. The molecule has 0 radical (unpaired) electrons. The molecule has 3 heterocycles. The Morgan fingerprint density at radius 3 is 1.94 bits per heavy atom. The molecule has 260 valence electrons. The summed E-state index contributed by atoms with van der Waals surface area (Å²) in [5.74, 6) is -0.798. The third-order valence-electron chi connectivity index (χ3n) is 7.39. The van der Waals surface area contributed by atoms with Crippen LogP contribution in [0.1, 0.15) is 53.8 Å². The van der Waals surface area contributed by atoms with Gasteiger partial charge in [-0.1, -0.05) is 0 Å². The maximum absolute atomic E-state index is 13.2. The number of amidine groups is 1. The van der Waals surface area contributed by atoms with Gasteiger partial charge in [-0.25, -0.2) is 0 Å². The van der Waals surface area contributed by atoms with Gasteiger partial charge in [-0.3, -0.25) is 34.0 Å². The van der Waals surface area contributed by atoms with Crippen molar-refractivity contribution in [3.63, 3.8) is 0 Å². The smallest absolute Gasteiger partial charge is 0.275 e. The van der Waals surface area contributed by atoms with Crippen molar-refractivity contribution in [2.75, 3.05) is 52.2 Å². The van der Waals surface area contributed by atoms with Gasteiger partial charge in [0.25, 0.3) is 23.6 Å². The molecule has 1 aromatic carbocycles. The van der Waals surface area contributed by atoms with Gasteiger partial charge in [-0.05, 0) is 36.8 Å². The van der Waals surface area contributed by atoms with Gasteiger partial charge in [0.1, 0.15) is 17.1 Å². The van der Waals surface area contributed by atoms with E-state index < -0.39 is 17.7 Å². The summed E-state index contributed by atoms with van der Waals surface area (Å²) in [6.45, 7) is 3.35. The van der Waals surface area contributed by atoms with Gasteiger partial charge in [-0.15, -0.1) is 23.2 Å². The van der Waals surface area contributed by atoms with Crippen LogP contribution in [0.5, 0.6) is 0 Å². The lowest BCUT2D eigenvalue weighted by molar-refractivity contribution is 0.0943. The van der Waals surface area contributed by atoms with E-state index in [0.717, 1.165) is 11.3 Å². The van der Waals surface area contributed by atoms with Crippen molar-refractivity contribution < 1.29 is 19.2 Å². The molecule has 0 fully saturated rings. The van der Waals surface area contributed by atoms with Crippen LogP contribution in [0.15, 0.2) is 42.6 Å². The Morgan fingerprint density at radius 2 is 1.39 bits per heavy atom. The van der Waals surface area contributed by atoms with Crippen molar-refractivity contribution >= 4 is 75.7 Å². The molecule has 0 aliphatic heterocycles. The number of carbonyl (C=O) groups is 4. The minimum Gasteiger partial charge on any atom is -0.388 e. The number of rotatable bonds is 15. The number of carbonyl (C=O) groups excluding carboxylic acids is 4. The van der Waals surface area contributed by atoms with E-state index in [1.807, 2.05) is 13.0 Å². The van der Waals surface area contributed by atoms with Crippen LogP contribution in [0, 0.1) is 12.3 Å². The fourth-order valence-corrected chi connectivity index (χ4v) is 5.42. The molecule has 16 nitrogen and oxygen atoms in total. The lowest BCUT2D eigenvalue weighted by atomic mass is 10.1. The maximum atomic E-state index is 13.2. The molecule has 0 atom stereocenters. The van der Waals surface area contributed by atoms with Crippen LogP contribution in [-0.4, -0.2) is 85.0 Å². The Morgan fingerprint density at radius 1 is 0.816 bits per heavy atom. The van der Waals surface area contributed by atoms with Gasteiger partial charge in [0, 0.05) is 88.5 Å². The fourth-order valence-electron chi connectivity index (χ4n) is 5.01. The Labute approximate surface area is 292 Å². The topological polar surface area (TPSA) is 210 Å². The molecule has 4 rings (SSSR count). The first-order valence-electron chi connectivity index (χ1n) is 15.1. The third kappa shape index (κ3) is 9.17. The molecule has 4 amide bonds. The standard InChI is InChI=1S/C31H38Cl2N12O4/c1-18-13-19(5-6-21(18)45(11-8-32)12-9-33)28(46)37-20-14-22(42(2)17-20)30(48)38-27-16-24(44(4)41-27)31(49)39-26-15-23(43(3)40-26)29(47)36-10-7-25(34)35/h5-6,13-17H,7-12H2,1-4H3,(H3,34,35)(H,36,47)(H,37,46)(H,38,41,48)(H,39,40,49). The van der Waals surface area contributed by atoms with E-state index in [0.29, 0.717) is 36.1 Å². The van der Waals surface area contributed by atoms with Crippen molar-refractivity contribution in [3.05, 3.63) is 70.8 Å². The SMILES string of the molecule is Cc1cc(C(=O)Nc2cc(C(=O)Nc3cc(C(=O)Nc4cc(C(=O)NCCC(=N)N)n(C)n4)n(C)n3)n(C)c2)ccc1N(CCCl)CCCl. The second kappa shape index (κ2) is 16.2. The molecular weight excluding hydrogens is 675 g/mol. The summed E-state index contributed by atoms with van der Waals surface area (Å²) in [6, 6.07) is 9.70. The Hall–Kier alpha value is -5.35. The van der Waals surface area contributed by atoms with Crippen LogP contribution in [-0.2, 0) is 21.1 Å². The summed E-state index contributed by atoms with van der Waals surface area (Å²) in [4.78, 5) is 53.8. The van der Waals surface area contributed by atoms with Crippen LogP contribution < -0.4 is 31.9 Å². The first-order valence-corrected chi connectivity index (χ1v) is 16.1. The van der Waals surface area contributed by atoms with Crippen molar-refractivity contribution in [2.45, 2.75) is 13.3 Å². The summed E-state index contributed by atoms with van der Waals surface area (Å²) in [6.07, 6.45) is 1.81. The molecular formula is C31H38Cl2N12O4. The van der Waals surface area contributed by atoms with Gasteiger partial charge in [0.05, 0.1) is 11.5 Å². The normalized spacial score (nSPS) is 10.8. The van der Waals surface area contributed by atoms with E-state index in [1.165, 1.54) is 34.6 Å². The van der Waals surface area contributed by atoms with Gasteiger partial charge in [-0.2, -0.15) is 10.2 Å². The van der Waals surface area contributed by atoms with E-state index >= 15 is 0 Å². The highest BCUT2D eigenvalue weighted by Gasteiger charge is 2.21. The molecule has 0 aliphatic carbocycles. The number of halogens is 2. The zero-order valence-corrected chi connectivity index (χ0v) is 28.9. The number of nitrogens with zero attached hydrogens (tertiary/aromatic N) is 6. The molecule has 0 saturated carbocycles. The van der Waals surface area contributed by atoms with E-state index in [9.17, 15) is 19.2 Å². The van der Waals surface area contributed by atoms with E-state index in [1.54, 1.807) is 37.0 Å². The minimum atomic E-state index is -0.574. The second-order valence-corrected chi connectivity index (χ2v) is 11.8. The summed E-state index contributed by atoms with van der Waals surface area (Å²) in [7, 11) is 4.75. The van der Waals surface area contributed by atoms with Gasteiger partial charge in [0.15, 0.2) is 11.6 Å². The molecule has 7 N–H and O–H groups in total. The molecule has 49 heavy (non-hydrogen) atoms. The highest BCUT2D eigenvalue weighted by Crippen LogP contribution is 2.23. The zero-order valence-electron chi connectivity index (χ0n) is 27.4. The number of nitrogens with one attached hydrogen (secondary N) is 5. The van der Waals surface area contributed by atoms with Crippen LogP contribution in [0.2, 0.25) is 0 Å². The number of amides is 4. The van der Waals surface area contributed by atoms with Gasteiger partial charge in [0.2, 0.25) is 0 Å². The predicted molar refractivity (Wildman–Crippen MR) is 189 cm³/mol. The highest BCUT2D eigenvalue weighted by molar-refractivity contribution is 6.18. The number of aromatic nitrogens is 5. The van der Waals surface area contributed by atoms with Crippen LogP contribution in [0.25, 0.3) is 0 Å². The van der Waals surface area contributed by atoms with Crippen molar-refractivity contribution in [1.82, 2.24) is 29.4 Å². The maximum Gasteiger partial charge on any atom is 0.275 e. The first-order chi connectivity index (χ1) is 23.3. The molecule has 18 heteroatoms. The molecule has 0 saturated heterocycles. The van der Waals surface area contributed by atoms with E-state index in [4.69, 9.17) is 34.3 Å². The quantitative estimate of drug-likeness (QED) is 0.0612. The number of anilines is 4. The van der Waals surface area contributed by atoms with Crippen molar-refractivity contribution in [2.24, 2.45) is 26.9 Å². The molecule has 0 aliphatic rings. The number of alkyl halides is 2. The fraction of sp³-hybridized carbons (Fsp3) is 0.323. The lowest BCUT2D eigenvalue weighted by Gasteiger charge is -2.25. The summed E-state index contributed by atoms with van der Waals surface area (Å²) >= 11 is 11.9. The van der Waals surface area contributed by atoms with Crippen molar-refractivity contribution in [1.29, 1.82) is 5.41 Å². The minimum absolute atomic E-state index is 0.0508. The highest BCUT2D eigenvalue weighted by atomic mass is 35.5. The second-order valence-electron chi connectivity index (χ2n) is 11.1. The predicted octanol–water partition coefficient (Wildman–Crippen LogP) is 2.90. The summed E-state index contributed by atoms with van der Waals surface area (Å²) in [5, 5.41) is 26.4. The molecule has 0 bridgehead atoms. The Balaban J connectivity index is 1.38. The monoisotopic (exact) mass is 712 g/mol. The van der Waals surface area contributed by atoms with Gasteiger partial charge >= 0.3 is 0 Å². The van der Waals surface area contributed by atoms with E-state index in [-0.39, 0.29) is 53.4 Å². The molecule has 0 unspecified atom stereocenters. The van der Waals surface area contributed by atoms with E-state index in [2.05, 4.69) is 36.4 Å². The zero-order chi connectivity index (χ0) is 35.8. The molecule has 3 aromatic heterocycles. The lowest BCUT2D eigenvalue weighted by Crippen LogP contribution is -2.29. The molecule has 0 spiro atoms. The summed E-state index contributed by atoms with van der Waals surface area (Å²) < 4.78 is 4.15. The number of benzene rings is 1. The van der Waals surface area contributed by atoms with Gasteiger partial charge < -0.3 is 36.5 Å². The summed E-state index contributed by atoms with van der Waals surface area (Å²) in [5.41, 5.74) is 8.55. The Bertz CT molecular complexity index is 1870. The average Bonchev–Trinajstić information content (AvgIpc) is 3.71. The number of aryl methyl sites for hydroxylation is 4. The molecule has 4 aromatic rings. The number of hydrogen-bond donors (Lipinski definition) is 6. The van der Waals surface area contributed by atoms with Crippen molar-refractivity contribution in [3.8, 4) is 0 Å². The number of hydrogen-bond acceptors (Lipinski definition) is 8. The largest absolute Gasteiger partial charge is 0.388 e. The van der Waals surface area contributed by atoms with Crippen LogP contribution >= 0.6 is 23.2 Å². The third-order valence-corrected chi connectivity index (χ3v) is 7.73. The van der Waals surface area contributed by atoms with Crippen LogP contribution in [0.4, 0.5) is 23.0 Å². The van der Waals surface area contributed by atoms with Crippen LogP contribution in [0.3, 0.4) is 0 Å². The Kier molecular flexibility index (Phi) is 12.0. The number of nitrogens with two attached hydrogens (primary N) is 1.